The summed E-state index contributed by atoms with van der Waals surface area (Å²) in [5, 5.41) is 68.3. The topological polar surface area (TPSA) is 346 Å². The van der Waals surface area contributed by atoms with Gasteiger partial charge in [0.1, 0.15) is 0 Å². The summed E-state index contributed by atoms with van der Waals surface area (Å²) in [7, 11) is 0. The Morgan fingerprint density at radius 3 is 1.19 bits per heavy atom. The second-order valence-electron chi connectivity index (χ2n) is 28.8. The highest BCUT2D eigenvalue weighted by Gasteiger charge is 2.19. The van der Waals surface area contributed by atoms with Crippen molar-refractivity contribution in [2.45, 2.75) is 47.2 Å². The van der Waals surface area contributed by atoms with Gasteiger partial charge < -0.3 is 62.0 Å². The van der Waals surface area contributed by atoms with Crippen molar-refractivity contribution in [1.82, 2.24) is 85.6 Å². The molecule has 1 aliphatic rings. The first kappa shape index (κ1) is 79.9. The van der Waals surface area contributed by atoms with E-state index < -0.39 is 0 Å². The van der Waals surface area contributed by atoms with Gasteiger partial charge in [0, 0.05) is 130 Å². The lowest BCUT2D eigenvalue weighted by atomic mass is 10.2. The maximum Gasteiger partial charge on any atom is 0.229 e. The molecule has 20 aromatic rings. The van der Waals surface area contributed by atoms with Crippen LogP contribution in [0.15, 0.2) is 235 Å². The quantitative estimate of drug-likeness (QED) is 0.0267. The van der Waals surface area contributed by atoms with E-state index >= 15 is 0 Å². The smallest absolute Gasteiger partial charge is 0.229 e. The summed E-state index contributed by atoms with van der Waals surface area (Å²) in [5.41, 5.74) is 18.6. The SMILES string of the molecule is CCN(CC)c1ccc(Nc2nc(Nc3ccc4[nH]ncc4c3)c3sccc3n2)cc1Cl.CCN(c1ccc(Nc2nc(Nc3ccc4[nH]ncc4c3)c3sccc3n2)cc1)C(C)C.c1cc2nc(Nc3ccc(N4CCOCC4)cc3)nc(Nc3ccc4[nH]ncc4c3)c2s1.c1cncc(CNc2nc(Nc3ccc4[nH]ncc4c3)c3sccc3n2)c1. The Morgan fingerprint density at radius 1 is 0.415 bits per heavy atom. The lowest BCUT2D eigenvalue weighted by molar-refractivity contribution is 0.122. The van der Waals surface area contributed by atoms with Crippen LogP contribution in [0.25, 0.3) is 84.5 Å². The van der Waals surface area contributed by atoms with Crippen molar-refractivity contribution in [3.63, 3.8) is 0 Å². The van der Waals surface area contributed by atoms with E-state index in [0.717, 1.165) is 205 Å². The molecule has 0 radical (unpaired) electrons. The van der Waals surface area contributed by atoms with E-state index in [1.807, 2.05) is 162 Å². The number of rotatable bonds is 24. The molecule has 0 bridgehead atoms. The predicted molar refractivity (Wildman–Crippen MR) is 508 cm³/mol. The van der Waals surface area contributed by atoms with Gasteiger partial charge in [0.05, 0.1) is 112 Å². The summed E-state index contributed by atoms with van der Waals surface area (Å²) in [6.07, 6.45) is 10.8. The molecule has 13 aromatic heterocycles. The van der Waals surface area contributed by atoms with Crippen LogP contribution in [0.4, 0.5) is 104 Å². The fourth-order valence-corrected chi connectivity index (χ4v) is 17.7. The van der Waals surface area contributed by atoms with Gasteiger partial charge in [0.25, 0.3) is 0 Å². The Labute approximate surface area is 726 Å². The van der Waals surface area contributed by atoms with Crippen molar-refractivity contribution in [2.24, 2.45) is 0 Å². The molecule has 29 nitrogen and oxygen atoms in total. The van der Waals surface area contributed by atoms with Crippen molar-refractivity contribution in [1.29, 1.82) is 0 Å². The molecule has 7 aromatic carbocycles. The summed E-state index contributed by atoms with van der Waals surface area (Å²) in [6.45, 7) is 17.6. The fraction of sp³-hybridized carbons (Fsp3) is 0.157. The molecule has 616 valence electrons. The number of hydrogen-bond donors (Lipinski definition) is 12. The molecule has 0 unspecified atom stereocenters. The zero-order valence-electron chi connectivity index (χ0n) is 67.3. The second kappa shape index (κ2) is 36.8. The molecule has 14 heterocycles. The predicted octanol–water partition coefficient (Wildman–Crippen LogP) is 22.1. The number of pyridine rings is 1. The minimum absolute atomic E-state index is 0.457. The van der Waals surface area contributed by atoms with Gasteiger partial charge in [-0.15, -0.1) is 45.3 Å². The Balaban J connectivity index is 0.000000112. The van der Waals surface area contributed by atoms with Crippen LogP contribution in [-0.4, -0.2) is 138 Å². The van der Waals surface area contributed by atoms with E-state index in [9.17, 15) is 0 Å². The zero-order valence-corrected chi connectivity index (χ0v) is 71.3. The molecule has 12 N–H and O–H groups in total. The Hall–Kier alpha value is -14.2. The molecule has 0 atom stereocenters. The number of benzene rings is 7. The Morgan fingerprint density at radius 2 is 0.797 bits per heavy atom. The zero-order chi connectivity index (χ0) is 83.5. The van der Waals surface area contributed by atoms with Crippen LogP contribution < -0.4 is 57.2 Å². The largest absolute Gasteiger partial charge is 0.378 e. The van der Waals surface area contributed by atoms with Crippen LogP contribution in [0.3, 0.4) is 0 Å². The van der Waals surface area contributed by atoms with Gasteiger partial charge in [-0.2, -0.15) is 40.3 Å². The van der Waals surface area contributed by atoms with Gasteiger partial charge >= 0.3 is 0 Å². The first-order valence-electron chi connectivity index (χ1n) is 40.0. The van der Waals surface area contributed by atoms with Crippen molar-refractivity contribution in [3.8, 4) is 0 Å². The normalized spacial score (nSPS) is 12.0. The third kappa shape index (κ3) is 18.7. The highest BCUT2D eigenvalue weighted by Crippen LogP contribution is 2.38. The van der Waals surface area contributed by atoms with Crippen molar-refractivity contribution in [2.75, 3.05) is 103 Å². The van der Waals surface area contributed by atoms with Gasteiger partial charge in [-0.3, -0.25) is 25.4 Å². The minimum atomic E-state index is 0.457. The van der Waals surface area contributed by atoms with E-state index in [2.05, 4.69) is 213 Å². The number of halogens is 1. The van der Waals surface area contributed by atoms with E-state index in [1.165, 1.54) is 11.4 Å². The van der Waals surface area contributed by atoms with E-state index in [4.69, 9.17) is 41.3 Å². The van der Waals surface area contributed by atoms with Crippen LogP contribution in [0.5, 0.6) is 0 Å². The lowest BCUT2D eigenvalue weighted by Gasteiger charge is -2.28. The highest BCUT2D eigenvalue weighted by atomic mass is 35.5. The maximum atomic E-state index is 6.56. The van der Waals surface area contributed by atoms with Crippen LogP contribution in [0, 0.1) is 0 Å². The summed E-state index contributed by atoms with van der Waals surface area (Å²) in [4.78, 5) is 48.7. The van der Waals surface area contributed by atoms with Crippen molar-refractivity contribution >= 4 is 245 Å². The van der Waals surface area contributed by atoms with E-state index in [1.54, 1.807) is 57.7 Å². The molecule has 34 heteroatoms. The molecule has 21 rings (SSSR count). The number of H-pyrrole nitrogens is 4. The molecule has 1 saturated heterocycles. The average Bonchev–Trinajstić information content (AvgIpc) is 1.72. The molecular formula is C89H83ClN28OS4. The van der Waals surface area contributed by atoms with Gasteiger partial charge in [0.15, 0.2) is 23.3 Å². The molecule has 0 amide bonds. The van der Waals surface area contributed by atoms with Gasteiger partial charge in [-0.25, -0.2) is 19.9 Å². The van der Waals surface area contributed by atoms with Crippen LogP contribution >= 0.6 is 56.9 Å². The number of ether oxygens (including phenoxy) is 1. The summed E-state index contributed by atoms with van der Waals surface area (Å²) in [5.74, 6) is 5.30. The number of aromatic nitrogens is 17. The third-order valence-electron chi connectivity index (χ3n) is 20.4. The first-order chi connectivity index (χ1) is 60.4. The van der Waals surface area contributed by atoms with Gasteiger partial charge in [-0.05, 0) is 232 Å². The summed E-state index contributed by atoms with van der Waals surface area (Å²) in [6, 6.07) is 59.4. The molecule has 1 fully saturated rings. The standard InChI is InChI=1S/C24H25N7S.C23H22ClN7S.C23H21N7OS.C19H15N7S/c1-4-31(15(2)3)19-8-5-17(6-9-19)27-24-28-21-11-12-32-22(21)23(29-24)26-18-7-10-20-16(13-18)14-25-30-20;1-3-31(4-2)20-8-6-16(12-17(20)24)27-23-28-19-9-10-32-21(19)22(29-23)26-15-5-7-18-14(11-15)13-25-30-18;1-4-18(30-8-10-31-11-9-30)5-2-16(1)26-23-27-20-7-12-32-21(20)22(28-23)25-17-3-6-19-15(13-17)14-24-29-19;1-2-12(9-20-6-1)10-21-19-24-16-5-7-27-17(16)18(25-19)23-14-3-4-15-13(8-14)11-22-26-15/h5-15H,4H2,1-3H3,(H,25,30)(H2,26,27,28,29);5-13H,3-4H2,1-2H3,(H,25,30)(H2,26,27,28,29);1-7,12-14H,8-11H2,(H,24,29)(H2,25,26,27,28);1-9,11H,10H2,(H,22,26)(H2,21,23,24,25). The van der Waals surface area contributed by atoms with Gasteiger partial charge in [-0.1, -0.05) is 17.7 Å². The fourth-order valence-electron chi connectivity index (χ4n) is 14.3. The number of morpholine rings is 1. The number of nitrogens with zero attached hydrogens (tertiary/aromatic N) is 16. The second-order valence-corrected chi connectivity index (χ2v) is 32.9. The highest BCUT2D eigenvalue weighted by molar-refractivity contribution is 7.18. The maximum absolute atomic E-state index is 6.56. The number of anilines is 18. The lowest BCUT2D eigenvalue weighted by Crippen LogP contribution is -2.36. The molecule has 0 saturated carbocycles. The minimum Gasteiger partial charge on any atom is -0.378 e. The number of nitrogens with one attached hydrogen (secondary N) is 12. The first-order valence-corrected chi connectivity index (χ1v) is 43.9. The van der Waals surface area contributed by atoms with E-state index in [0.29, 0.717) is 41.4 Å². The molecule has 0 aliphatic carbocycles. The third-order valence-corrected chi connectivity index (χ3v) is 24.4. The average molecular weight is 1720 g/mol. The van der Waals surface area contributed by atoms with Crippen molar-refractivity contribution in [3.05, 3.63) is 245 Å². The molecule has 0 spiro atoms. The summed E-state index contributed by atoms with van der Waals surface area (Å²) < 4.78 is 9.50. The molecular weight excluding hydrogens is 1640 g/mol. The summed E-state index contributed by atoms with van der Waals surface area (Å²) >= 11 is 13.0. The Kier molecular flexibility index (Phi) is 23.9. The number of thiophene rings is 4. The monoisotopic (exact) mass is 1720 g/mol. The number of fused-ring (bicyclic) bond motifs is 8. The number of hydrogen-bond acceptors (Lipinski definition) is 29. The van der Waals surface area contributed by atoms with Crippen LogP contribution in [0.2, 0.25) is 5.02 Å². The van der Waals surface area contributed by atoms with Crippen LogP contribution in [-0.2, 0) is 11.3 Å². The van der Waals surface area contributed by atoms with Crippen LogP contribution in [0.1, 0.15) is 40.2 Å². The molecule has 123 heavy (non-hydrogen) atoms. The Bertz CT molecular complexity index is 7000. The van der Waals surface area contributed by atoms with Crippen molar-refractivity contribution < 1.29 is 4.74 Å². The number of aromatic amines is 4. The van der Waals surface area contributed by atoms with Gasteiger partial charge in [0.2, 0.25) is 23.8 Å². The van der Waals surface area contributed by atoms with E-state index in [-0.39, 0.29) is 0 Å². The molecule has 1 aliphatic heterocycles.